The molecule has 1 aliphatic heterocycles. The minimum atomic E-state index is -0.869. The monoisotopic (exact) mass is 532 g/mol. The first kappa shape index (κ1) is 25.4. The van der Waals surface area contributed by atoms with Crippen molar-refractivity contribution in [3.63, 3.8) is 0 Å². The van der Waals surface area contributed by atoms with Crippen LogP contribution in [0.2, 0.25) is 0 Å². The number of carbonyl (C=O) groups is 1. The zero-order valence-electron chi connectivity index (χ0n) is 21.3. The second kappa shape index (κ2) is 10.3. The molecule has 0 fully saturated rings. The van der Waals surface area contributed by atoms with E-state index in [-0.39, 0.29) is 23.6 Å². The molecule has 3 aromatic carbocycles. The Hall–Kier alpha value is -4.24. The maximum atomic E-state index is 13.9. The summed E-state index contributed by atoms with van der Waals surface area (Å²) in [7, 11) is 3.12. The molecule has 1 aromatic heterocycles. The third kappa shape index (κ3) is 4.39. The summed E-state index contributed by atoms with van der Waals surface area (Å²) >= 11 is 1.20. The number of allylic oxidation sites excluding steroid dienone is 1. The summed E-state index contributed by atoms with van der Waals surface area (Å²) in [6, 6.07) is 14.3. The Balaban J connectivity index is 1.86. The van der Waals surface area contributed by atoms with Gasteiger partial charge in [-0.15, -0.1) is 0 Å². The average molecular weight is 533 g/mol. The Morgan fingerprint density at radius 1 is 1.11 bits per heavy atom. The Morgan fingerprint density at radius 2 is 1.84 bits per heavy atom. The van der Waals surface area contributed by atoms with Crippen LogP contribution in [0.15, 0.2) is 75.7 Å². The zero-order valence-corrected chi connectivity index (χ0v) is 22.1. The number of nitrogens with zero attached hydrogens (tertiary/aromatic N) is 2. The third-order valence-corrected chi connectivity index (χ3v) is 7.39. The minimum absolute atomic E-state index is 0.164. The van der Waals surface area contributed by atoms with Gasteiger partial charge >= 0.3 is 5.97 Å². The summed E-state index contributed by atoms with van der Waals surface area (Å²) in [5.74, 6) is 0.194. The molecule has 0 saturated carbocycles. The van der Waals surface area contributed by atoms with E-state index in [1.165, 1.54) is 28.0 Å². The molecule has 9 heteroatoms. The molecule has 0 spiro atoms. The number of methoxy groups -OCH3 is 2. The molecule has 38 heavy (non-hydrogen) atoms. The van der Waals surface area contributed by atoms with E-state index in [9.17, 15) is 14.0 Å². The van der Waals surface area contributed by atoms with Crippen LogP contribution in [0.25, 0.3) is 16.8 Å². The maximum absolute atomic E-state index is 13.9. The lowest BCUT2D eigenvalue weighted by molar-refractivity contribution is -0.139. The van der Waals surface area contributed by atoms with Gasteiger partial charge in [0.25, 0.3) is 5.56 Å². The molecule has 0 bridgehead atoms. The van der Waals surface area contributed by atoms with Crippen LogP contribution < -0.4 is 24.4 Å². The zero-order chi connectivity index (χ0) is 27.0. The van der Waals surface area contributed by atoms with Crippen molar-refractivity contribution >= 4 is 34.2 Å². The molecule has 7 nitrogen and oxygen atoms in total. The van der Waals surface area contributed by atoms with Gasteiger partial charge < -0.3 is 14.2 Å². The number of halogens is 1. The number of carbonyl (C=O) groups excluding carboxylic acids is 1. The second-order valence-electron chi connectivity index (χ2n) is 8.62. The van der Waals surface area contributed by atoms with Crippen LogP contribution in [0.1, 0.15) is 31.0 Å². The normalized spacial score (nSPS) is 15.3. The molecule has 1 atom stereocenters. The van der Waals surface area contributed by atoms with E-state index < -0.39 is 12.0 Å². The van der Waals surface area contributed by atoms with Crippen LogP contribution in [0, 0.1) is 5.82 Å². The van der Waals surface area contributed by atoms with Crippen molar-refractivity contribution in [3.05, 3.63) is 102 Å². The highest BCUT2D eigenvalue weighted by Gasteiger charge is 2.36. The van der Waals surface area contributed by atoms with Crippen LogP contribution in [0.3, 0.4) is 0 Å². The van der Waals surface area contributed by atoms with E-state index in [0.717, 1.165) is 10.8 Å². The fraction of sp³-hybridized carbons (Fsp3) is 0.207. The number of hydrogen-bond donors (Lipinski definition) is 0. The summed E-state index contributed by atoms with van der Waals surface area (Å²) in [4.78, 5) is 32.3. The quantitative estimate of drug-likeness (QED) is 0.350. The van der Waals surface area contributed by atoms with Crippen molar-refractivity contribution < 1.29 is 23.4 Å². The van der Waals surface area contributed by atoms with Gasteiger partial charge in [0.1, 0.15) is 23.4 Å². The highest BCUT2D eigenvalue weighted by molar-refractivity contribution is 7.07. The fourth-order valence-electron chi connectivity index (χ4n) is 4.66. The van der Waals surface area contributed by atoms with Gasteiger partial charge in [0, 0.05) is 5.56 Å². The van der Waals surface area contributed by atoms with Gasteiger partial charge in [0.2, 0.25) is 0 Å². The van der Waals surface area contributed by atoms with E-state index >= 15 is 0 Å². The first-order valence-corrected chi connectivity index (χ1v) is 12.8. The lowest BCUT2D eigenvalue weighted by Crippen LogP contribution is -2.40. The summed E-state index contributed by atoms with van der Waals surface area (Å²) < 4.78 is 32.0. The summed E-state index contributed by atoms with van der Waals surface area (Å²) in [6.07, 6.45) is 1.69. The number of fused-ring (bicyclic) bond motifs is 2. The lowest BCUT2D eigenvalue weighted by atomic mass is 9.90. The van der Waals surface area contributed by atoms with E-state index in [4.69, 9.17) is 14.2 Å². The first-order valence-electron chi connectivity index (χ1n) is 12.0. The van der Waals surface area contributed by atoms with Crippen LogP contribution in [0.5, 0.6) is 11.5 Å². The maximum Gasteiger partial charge on any atom is 0.338 e. The number of esters is 1. The first-order chi connectivity index (χ1) is 18.4. The van der Waals surface area contributed by atoms with Gasteiger partial charge in [-0.2, -0.15) is 0 Å². The number of thiazole rings is 1. The van der Waals surface area contributed by atoms with Gasteiger partial charge in [0.05, 0.1) is 36.6 Å². The largest absolute Gasteiger partial charge is 0.497 e. The van der Waals surface area contributed by atoms with Crippen molar-refractivity contribution in [2.45, 2.75) is 19.9 Å². The molecule has 0 saturated heterocycles. The van der Waals surface area contributed by atoms with Crippen LogP contribution >= 0.6 is 11.3 Å². The molecule has 0 N–H and O–H groups in total. The molecule has 0 amide bonds. The number of benzene rings is 3. The van der Waals surface area contributed by atoms with Crippen LogP contribution in [0.4, 0.5) is 4.39 Å². The minimum Gasteiger partial charge on any atom is -0.497 e. The SMILES string of the molecule is CCOC(=O)C1=C(C)N=c2sc(=Cc3ccc(F)cc3)c(=O)n2C1c1c(OC)ccc2ccc(OC)cc12. The standard InChI is InChI=1S/C29H25FN2O5S/c1-5-37-28(34)24-16(2)31-29-32(27(33)23(38-29)14-17-6-10-19(30)11-7-17)26(24)25-21-15-20(35-3)12-8-18(21)9-13-22(25)36-4/h6-15,26H,5H2,1-4H3. The van der Waals surface area contributed by atoms with Gasteiger partial charge in [0.15, 0.2) is 4.80 Å². The van der Waals surface area contributed by atoms with E-state index in [1.54, 1.807) is 46.3 Å². The van der Waals surface area contributed by atoms with Crippen LogP contribution in [-0.4, -0.2) is 31.4 Å². The molecular weight excluding hydrogens is 507 g/mol. The van der Waals surface area contributed by atoms with Gasteiger partial charge in [-0.25, -0.2) is 14.2 Å². The third-order valence-electron chi connectivity index (χ3n) is 6.41. The molecule has 0 radical (unpaired) electrons. The number of hydrogen-bond acceptors (Lipinski definition) is 7. The Labute approximate surface area is 221 Å². The van der Waals surface area contributed by atoms with Crippen molar-refractivity contribution in [2.75, 3.05) is 20.8 Å². The summed E-state index contributed by atoms with van der Waals surface area (Å²) in [6.45, 7) is 3.62. The summed E-state index contributed by atoms with van der Waals surface area (Å²) in [5, 5.41) is 1.64. The van der Waals surface area contributed by atoms with E-state index in [0.29, 0.717) is 37.7 Å². The predicted octanol–water partition coefficient (Wildman–Crippen LogP) is 4.11. The number of aromatic nitrogens is 1. The molecule has 4 aromatic rings. The van der Waals surface area contributed by atoms with Crippen molar-refractivity contribution in [1.29, 1.82) is 0 Å². The highest BCUT2D eigenvalue weighted by atomic mass is 32.1. The average Bonchev–Trinajstić information content (AvgIpc) is 3.22. The van der Waals surface area contributed by atoms with Crippen molar-refractivity contribution in [3.8, 4) is 11.5 Å². The lowest BCUT2D eigenvalue weighted by Gasteiger charge is -2.27. The fourth-order valence-corrected chi connectivity index (χ4v) is 5.71. The van der Waals surface area contributed by atoms with Crippen LogP contribution in [-0.2, 0) is 9.53 Å². The Bertz CT molecular complexity index is 1760. The molecule has 5 rings (SSSR count). The molecule has 0 aliphatic carbocycles. The molecule has 1 aliphatic rings. The van der Waals surface area contributed by atoms with Gasteiger partial charge in [-0.05, 0) is 66.6 Å². The van der Waals surface area contributed by atoms with E-state index in [2.05, 4.69) is 4.99 Å². The predicted molar refractivity (Wildman–Crippen MR) is 144 cm³/mol. The van der Waals surface area contributed by atoms with Gasteiger partial charge in [-0.3, -0.25) is 9.36 Å². The Kier molecular flexibility index (Phi) is 6.86. The molecule has 1 unspecified atom stereocenters. The smallest absolute Gasteiger partial charge is 0.338 e. The molecule has 194 valence electrons. The summed E-state index contributed by atoms with van der Waals surface area (Å²) in [5.41, 5.74) is 1.66. The molecule has 2 heterocycles. The van der Waals surface area contributed by atoms with Crippen molar-refractivity contribution in [2.24, 2.45) is 4.99 Å². The topological polar surface area (TPSA) is 79.1 Å². The highest BCUT2D eigenvalue weighted by Crippen LogP contribution is 2.41. The second-order valence-corrected chi connectivity index (χ2v) is 9.63. The van der Waals surface area contributed by atoms with E-state index in [1.807, 2.05) is 30.3 Å². The van der Waals surface area contributed by atoms with Gasteiger partial charge in [-0.1, -0.05) is 35.6 Å². The number of rotatable bonds is 6. The Morgan fingerprint density at radius 3 is 2.53 bits per heavy atom. The molecular formula is C29H25FN2O5S. The number of ether oxygens (including phenoxy) is 3. The van der Waals surface area contributed by atoms with Crippen molar-refractivity contribution in [1.82, 2.24) is 4.57 Å².